The Labute approximate surface area is 113 Å². The second-order valence-electron chi connectivity index (χ2n) is 6.19. The van der Waals surface area contributed by atoms with Gasteiger partial charge >= 0.3 is 5.97 Å². The molecule has 3 heteroatoms. The van der Waals surface area contributed by atoms with Crippen LogP contribution in [0.25, 0.3) is 0 Å². The van der Waals surface area contributed by atoms with Gasteiger partial charge in [-0.05, 0) is 24.7 Å². The van der Waals surface area contributed by atoms with Crippen LogP contribution in [0.3, 0.4) is 0 Å². The molecule has 0 bridgehead atoms. The van der Waals surface area contributed by atoms with Crippen molar-refractivity contribution in [3.8, 4) is 0 Å². The largest absolute Gasteiger partial charge is 0.469 e. The van der Waals surface area contributed by atoms with Crippen molar-refractivity contribution >= 4 is 14.0 Å². The standard InChI is InChI=1S/C15H30O2Si/c1-6-18(7-2,8-3)11-14-10-13(9-12(14)4)15(16)17-5/h12-14H,6-11H2,1-5H3/t12-,13?,14+/m1/s1. The van der Waals surface area contributed by atoms with Crippen molar-refractivity contribution in [1.29, 1.82) is 0 Å². The van der Waals surface area contributed by atoms with E-state index in [1.165, 1.54) is 31.3 Å². The molecule has 0 aromatic rings. The van der Waals surface area contributed by atoms with Crippen molar-refractivity contribution < 1.29 is 9.53 Å². The fourth-order valence-electron chi connectivity index (χ4n) is 3.72. The Hall–Kier alpha value is -0.313. The average molecular weight is 270 g/mol. The predicted molar refractivity (Wildman–Crippen MR) is 79.4 cm³/mol. The summed E-state index contributed by atoms with van der Waals surface area (Å²) in [5, 5.41) is 0. The molecule has 0 aromatic carbocycles. The van der Waals surface area contributed by atoms with Crippen LogP contribution in [0.1, 0.15) is 40.5 Å². The van der Waals surface area contributed by atoms with E-state index in [2.05, 4.69) is 27.7 Å². The third-order valence-electron chi connectivity index (χ3n) is 5.53. The molecule has 0 spiro atoms. The summed E-state index contributed by atoms with van der Waals surface area (Å²) >= 11 is 0. The molecule has 1 aliphatic carbocycles. The smallest absolute Gasteiger partial charge is 0.308 e. The Kier molecular flexibility index (Phi) is 5.89. The number of esters is 1. The van der Waals surface area contributed by atoms with E-state index in [9.17, 15) is 4.79 Å². The van der Waals surface area contributed by atoms with Crippen LogP contribution in [0.4, 0.5) is 0 Å². The van der Waals surface area contributed by atoms with Crippen molar-refractivity contribution in [2.24, 2.45) is 17.8 Å². The molecule has 1 rings (SSSR count). The van der Waals surface area contributed by atoms with Crippen molar-refractivity contribution in [2.45, 2.75) is 64.7 Å². The van der Waals surface area contributed by atoms with Crippen LogP contribution in [0.5, 0.6) is 0 Å². The van der Waals surface area contributed by atoms with Crippen LogP contribution in [-0.2, 0) is 9.53 Å². The monoisotopic (exact) mass is 270 g/mol. The molecule has 3 atom stereocenters. The third kappa shape index (κ3) is 3.37. The van der Waals surface area contributed by atoms with Gasteiger partial charge in [-0.1, -0.05) is 51.9 Å². The van der Waals surface area contributed by atoms with E-state index < -0.39 is 8.07 Å². The van der Waals surface area contributed by atoms with Crippen molar-refractivity contribution in [3.05, 3.63) is 0 Å². The summed E-state index contributed by atoms with van der Waals surface area (Å²) in [5.74, 6) is 1.65. The van der Waals surface area contributed by atoms with Gasteiger partial charge in [0.25, 0.3) is 0 Å². The maximum Gasteiger partial charge on any atom is 0.308 e. The molecule has 1 aliphatic rings. The van der Waals surface area contributed by atoms with Crippen LogP contribution < -0.4 is 0 Å². The summed E-state index contributed by atoms with van der Waals surface area (Å²) in [6.07, 6.45) is 2.11. The molecule has 106 valence electrons. The molecular weight excluding hydrogens is 240 g/mol. The molecule has 1 fully saturated rings. The zero-order valence-electron chi connectivity index (χ0n) is 12.8. The van der Waals surface area contributed by atoms with Crippen LogP contribution in [0.15, 0.2) is 0 Å². The quantitative estimate of drug-likeness (QED) is 0.530. The summed E-state index contributed by atoms with van der Waals surface area (Å²) < 4.78 is 4.91. The van der Waals surface area contributed by atoms with Gasteiger partial charge in [0.15, 0.2) is 0 Å². The highest BCUT2D eigenvalue weighted by atomic mass is 28.3. The second kappa shape index (κ2) is 6.74. The minimum atomic E-state index is -1.05. The van der Waals surface area contributed by atoms with Gasteiger partial charge in [-0.2, -0.15) is 0 Å². The van der Waals surface area contributed by atoms with Crippen LogP contribution in [-0.4, -0.2) is 21.2 Å². The lowest BCUT2D eigenvalue weighted by molar-refractivity contribution is -0.145. The van der Waals surface area contributed by atoms with Crippen LogP contribution in [0.2, 0.25) is 24.2 Å². The van der Waals surface area contributed by atoms with Gasteiger partial charge in [0.1, 0.15) is 0 Å². The molecule has 1 unspecified atom stereocenters. The van der Waals surface area contributed by atoms with Gasteiger partial charge in [0, 0.05) is 0 Å². The molecular formula is C15H30O2Si. The summed E-state index contributed by atoms with van der Waals surface area (Å²) in [6, 6.07) is 5.61. The van der Waals surface area contributed by atoms with E-state index >= 15 is 0 Å². The maximum absolute atomic E-state index is 11.7. The number of carbonyl (C=O) groups excluding carboxylic acids is 1. The summed E-state index contributed by atoms with van der Waals surface area (Å²) in [5.41, 5.74) is 0. The number of ether oxygens (including phenoxy) is 1. The van der Waals surface area contributed by atoms with Gasteiger partial charge in [0.05, 0.1) is 21.1 Å². The number of methoxy groups -OCH3 is 1. The minimum Gasteiger partial charge on any atom is -0.469 e. The molecule has 0 aromatic heterocycles. The second-order valence-corrected chi connectivity index (χ2v) is 11.7. The first-order valence-electron chi connectivity index (χ1n) is 7.59. The lowest BCUT2D eigenvalue weighted by atomic mass is 10.0. The van der Waals surface area contributed by atoms with E-state index in [1.54, 1.807) is 0 Å². The van der Waals surface area contributed by atoms with E-state index in [0.29, 0.717) is 5.92 Å². The molecule has 0 saturated heterocycles. The normalized spacial score (nSPS) is 28.4. The molecule has 1 saturated carbocycles. The number of carbonyl (C=O) groups is 1. The van der Waals surface area contributed by atoms with Crippen LogP contribution >= 0.6 is 0 Å². The number of rotatable bonds is 6. The van der Waals surface area contributed by atoms with Gasteiger partial charge in [-0.15, -0.1) is 0 Å². The Morgan fingerprint density at radius 2 is 1.72 bits per heavy atom. The van der Waals surface area contributed by atoms with Gasteiger partial charge in [-0.25, -0.2) is 0 Å². The first-order chi connectivity index (χ1) is 8.51. The first-order valence-corrected chi connectivity index (χ1v) is 10.4. The zero-order valence-corrected chi connectivity index (χ0v) is 13.8. The van der Waals surface area contributed by atoms with Crippen LogP contribution in [0, 0.1) is 17.8 Å². The fourth-order valence-corrected chi connectivity index (χ4v) is 7.77. The topological polar surface area (TPSA) is 26.3 Å². The Bertz CT molecular complexity index is 265. The van der Waals surface area contributed by atoms with Crippen molar-refractivity contribution in [3.63, 3.8) is 0 Å². The molecule has 0 N–H and O–H groups in total. The third-order valence-corrected chi connectivity index (χ3v) is 11.4. The Balaban J connectivity index is 2.65. The molecule has 2 nitrogen and oxygen atoms in total. The SMILES string of the molecule is CC[Si](CC)(CC)C[C@@H]1CC(C(=O)OC)C[C@H]1C. The van der Waals surface area contributed by atoms with Crippen molar-refractivity contribution in [2.75, 3.05) is 7.11 Å². The van der Waals surface area contributed by atoms with Crippen molar-refractivity contribution in [1.82, 2.24) is 0 Å². The summed E-state index contributed by atoms with van der Waals surface area (Å²) in [4.78, 5) is 11.7. The highest BCUT2D eigenvalue weighted by molar-refractivity contribution is 6.79. The van der Waals surface area contributed by atoms with Gasteiger partial charge in [-0.3, -0.25) is 4.79 Å². The fraction of sp³-hybridized carbons (Fsp3) is 0.933. The maximum atomic E-state index is 11.7. The molecule has 0 heterocycles. The predicted octanol–water partition coefficient (Wildman–Crippen LogP) is 4.33. The number of hydrogen-bond acceptors (Lipinski definition) is 2. The summed E-state index contributed by atoms with van der Waals surface area (Å²) in [7, 11) is 0.466. The highest BCUT2D eigenvalue weighted by Gasteiger charge is 2.40. The number of hydrogen-bond donors (Lipinski definition) is 0. The highest BCUT2D eigenvalue weighted by Crippen LogP contribution is 2.43. The first kappa shape index (κ1) is 15.7. The Morgan fingerprint density at radius 1 is 1.17 bits per heavy atom. The molecule has 0 amide bonds. The van der Waals surface area contributed by atoms with Gasteiger partial charge < -0.3 is 4.74 Å². The Morgan fingerprint density at radius 3 is 2.17 bits per heavy atom. The van der Waals surface area contributed by atoms with E-state index in [0.717, 1.165) is 18.8 Å². The van der Waals surface area contributed by atoms with Gasteiger partial charge in [0.2, 0.25) is 0 Å². The summed E-state index contributed by atoms with van der Waals surface area (Å²) in [6.45, 7) is 9.44. The van der Waals surface area contributed by atoms with E-state index in [4.69, 9.17) is 4.74 Å². The minimum absolute atomic E-state index is 0.0149. The zero-order chi connectivity index (χ0) is 13.8. The van der Waals surface area contributed by atoms with E-state index in [1.807, 2.05) is 0 Å². The molecule has 0 aliphatic heterocycles. The lowest BCUT2D eigenvalue weighted by Gasteiger charge is -2.32. The average Bonchev–Trinajstić information content (AvgIpc) is 2.76. The molecule has 18 heavy (non-hydrogen) atoms. The van der Waals surface area contributed by atoms with E-state index in [-0.39, 0.29) is 11.9 Å². The molecule has 0 radical (unpaired) electrons. The lowest BCUT2D eigenvalue weighted by Crippen LogP contribution is -2.34.